The summed E-state index contributed by atoms with van der Waals surface area (Å²) in [6, 6.07) is 10.0. The number of rotatable bonds is 4. The highest BCUT2D eigenvalue weighted by atomic mass is 32.2. The molecule has 1 aromatic carbocycles. The molecule has 88 valence electrons. The molecule has 3 heteroatoms. The lowest BCUT2D eigenvalue weighted by molar-refractivity contribution is 0.102. The van der Waals surface area contributed by atoms with Crippen LogP contribution in [-0.4, -0.2) is 11.5 Å². The fourth-order valence-electron chi connectivity index (χ4n) is 1.69. The van der Waals surface area contributed by atoms with E-state index in [2.05, 4.69) is 6.07 Å². The van der Waals surface area contributed by atoms with Crippen molar-refractivity contribution in [3.05, 3.63) is 52.4 Å². The van der Waals surface area contributed by atoms with Crippen molar-refractivity contribution >= 4 is 28.9 Å². The number of thiophene rings is 1. The van der Waals surface area contributed by atoms with Gasteiger partial charge in [-0.1, -0.05) is 29.8 Å². The van der Waals surface area contributed by atoms with E-state index >= 15 is 0 Å². The highest BCUT2D eigenvalue weighted by Crippen LogP contribution is 2.24. The van der Waals surface area contributed by atoms with E-state index in [1.54, 1.807) is 23.1 Å². The lowest BCUT2D eigenvalue weighted by atomic mass is 10.0. The Hall–Kier alpha value is -1.06. The highest BCUT2D eigenvalue weighted by Gasteiger charge is 2.09. The van der Waals surface area contributed by atoms with Crippen molar-refractivity contribution in [2.24, 2.45) is 0 Å². The van der Waals surface area contributed by atoms with E-state index in [0.29, 0.717) is 5.75 Å². The SMILES string of the molecule is Cc1ccc(C(=O)CSc2cccs2)c(C)c1. The Morgan fingerprint density at radius 1 is 1.29 bits per heavy atom. The van der Waals surface area contributed by atoms with E-state index in [4.69, 9.17) is 0 Å². The minimum absolute atomic E-state index is 0.209. The third kappa shape index (κ3) is 3.20. The zero-order valence-electron chi connectivity index (χ0n) is 9.90. The van der Waals surface area contributed by atoms with Crippen LogP contribution in [0.3, 0.4) is 0 Å². The minimum atomic E-state index is 0.209. The van der Waals surface area contributed by atoms with Gasteiger partial charge in [-0.25, -0.2) is 0 Å². The predicted octanol–water partition coefficient (Wildman–Crippen LogP) is 4.34. The van der Waals surface area contributed by atoms with Crippen molar-refractivity contribution < 1.29 is 4.79 Å². The number of thioether (sulfide) groups is 1. The van der Waals surface area contributed by atoms with Crippen LogP contribution in [0.1, 0.15) is 21.5 Å². The molecule has 0 bridgehead atoms. The van der Waals surface area contributed by atoms with Crippen molar-refractivity contribution in [1.29, 1.82) is 0 Å². The highest BCUT2D eigenvalue weighted by molar-refractivity contribution is 8.01. The standard InChI is InChI=1S/C14H14OS2/c1-10-5-6-12(11(2)8-10)13(15)9-17-14-4-3-7-16-14/h3-8H,9H2,1-2H3. The van der Waals surface area contributed by atoms with Crippen LogP contribution >= 0.6 is 23.1 Å². The molecule has 0 unspecified atom stereocenters. The van der Waals surface area contributed by atoms with Gasteiger partial charge < -0.3 is 0 Å². The largest absolute Gasteiger partial charge is 0.293 e. The van der Waals surface area contributed by atoms with Crippen molar-refractivity contribution in [1.82, 2.24) is 0 Å². The molecule has 0 fully saturated rings. The summed E-state index contributed by atoms with van der Waals surface area (Å²) < 4.78 is 1.20. The van der Waals surface area contributed by atoms with E-state index in [0.717, 1.165) is 11.1 Å². The fourth-order valence-corrected chi connectivity index (χ4v) is 3.35. The van der Waals surface area contributed by atoms with E-state index in [9.17, 15) is 4.79 Å². The first-order valence-electron chi connectivity index (χ1n) is 5.43. The molecule has 1 nitrogen and oxygen atoms in total. The maximum absolute atomic E-state index is 12.1. The van der Waals surface area contributed by atoms with Crippen LogP contribution in [0.4, 0.5) is 0 Å². The van der Waals surface area contributed by atoms with Gasteiger partial charge in [-0.3, -0.25) is 4.79 Å². The Balaban J connectivity index is 2.04. The molecule has 17 heavy (non-hydrogen) atoms. The van der Waals surface area contributed by atoms with Gasteiger partial charge in [-0.2, -0.15) is 0 Å². The van der Waals surface area contributed by atoms with Crippen molar-refractivity contribution in [2.45, 2.75) is 18.1 Å². The fraction of sp³-hybridized carbons (Fsp3) is 0.214. The summed E-state index contributed by atoms with van der Waals surface area (Å²) >= 11 is 3.29. The molecule has 0 radical (unpaired) electrons. The van der Waals surface area contributed by atoms with Gasteiger partial charge in [0.1, 0.15) is 0 Å². The van der Waals surface area contributed by atoms with E-state index < -0.39 is 0 Å². The van der Waals surface area contributed by atoms with Gasteiger partial charge in [0.15, 0.2) is 5.78 Å². The zero-order chi connectivity index (χ0) is 12.3. The van der Waals surface area contributed by atoms with Gasteiger partial charge in [-0.15, -0.1) is 23.1 Å². The maximum atomic E-state index is 12.1. The predicted molar refractivity (Wildman–Crippen MR) is 75.3 cm³/mol. The number of carbonyl (C=O) groups excluding carboxylic acids is 1. The van der Waals surface area contributed by atoms with Gasteiger partial charge >= 0.3 is 0 Å². The summed E-state index contributed by atoms with van der Waals surface area (Å²) in [6.07, 6.45) is 0. The number of carbonyl (C=O) groups is 1. The Morgan fingerprint density at radius 3 is 2.76 bits per heavy atom. The number of aryl methyl sites for hydroxylation is 2. The Bertz CT molecular complexity index is 515. The second-order valence-electron chi connectivity index (χ2n) is 3.96. The number of hydrogen-bond donors (Lipinski definition) is 0. The van der Waals surface area contributed by atoms with Crippen LogP contribution in [0.25, 0.3) is 0 Å². The normalized spacial score (nSPS) is 10.5. The quantitative estimate of drug-likeness (QED) is 0.602. The molecule has 0 saturated heterocycles. The Kier molecular flexibility index (Phi) is 4.02. The average Bonchev–Trinajstić information content (AvgIpc) is 2.78. The van der Waals surface area contributed by atoms with Crippen LogP contribution in [-0.2, 0) is 0 Å². The molecule has 0 atom stereocenters. The number of Topliss-reactive ketones (excluding diaryl/α,β-unsaturated/α-hetero) is 1. The molecular formula is C14H14OS2. The molecule has 1 aromatic heterocycles. The summed E-state index contributed by atoms with van der Waals surface area (Å²) in [4.78, 5) is 12.1. The molecule has 0 aliphatic carbocycles. The summed E-state index contributed by atoms with van der Waals surface area (Å²) in [5, 5.41) is 2.03. The number of hydrogen-bond acceptors (Lipinski definition) is 3. The molecule has 0 N–H and O–H groups in total. The van der Waals surface area contributed by atoms with Gasteiger partial charge in [-0.05, 0) is 30.9 Å². The van der Waals surface area contributed by atoms with Gasteiger partial charge in [0.2, 0.25) is 0 Å². The van der Waals surface area contributed by atoms with Gasteiger partial charge in [0.05, 0.1) is 9.96 Å². The molecule has 0 spiro atoms. The lowest BCUT2D eigenvalue weighted by Gasteiger charge is -2.05. The summed E-state index contributed by atoms with van der Waals surface area (Å²) in [5.74, 6) is 0.727. The lowest BCUT2D eigenvalue weighted by Crippen LogP contribution is -2.04. The molecule has 2 rings (SSSR count). The first kappa shape index (κ1) is 12.4. The monoisotopic (exact) mass is 262 g/mol. The average molecular weight is 262 g/mol. The summed E-state index contributed by atoms with van der Waals surface area (Å²) in [7, 11) is 0. The molecule has 2 aromatic rings. The maximum Gasteiger partial charge on any atom is 0.173 e. The smallest absolute Gasteiger partial charge is 0.173 e. The van der Waals surface area contributed by atoms with E-state index in [1.807, 2.05) is 43.5 Å². The Morgan fingerprint density at radius 2 is 2.12 bits per heavy atom. The van der Waals surface area contributed by atoms with Crippen LogP contribution in [0.15, 0.2) is 39.9 Å². The first-order valence-corrected chi connectivity index (χ1v) is 7.30. The van der Waals surface area contributed by atoms with Crippen molar-refractivity contribution in [3.8, 4) is 0 Å². The number of ketones is 1. The second-order valence-corrected chi connectivity index (χ2v) is 6.19. The number of benzene rings is 1. The molecular weight excluding hydrogens is 248 g/mol. The van der Waals surface area contributed by atoms with E-state index in [-0.39, 0.29) is 5.78 Å². The summed E-state index contributed by atoms with van der Waals surface area (Å²) in [5.41, 5.74) is 3.12. The molecule has 0 aliphatic heterocycles. The van der Waals surface area contributed by atoms with Gasteiger partial charge in [0, 0.05) is 5.56 Å². The first-order chi connectivity index (χ1) is 8.16. The third-order valence-electron chi connectivity index (χ3n) is 2.52. The van der Waals surface area contributed by atoms with Crippen LogP contribution < -0.4 is 0 Å². The zero-order valence-corrected chi connectivity index (χ0v) is 11.5. The van der Waals surface area contributed by atoms with Crippen molar-refractivity contribution in [2.75, 3.05) is 5.75 Å². The second kappa shape index (κ2) is 5.52. The summed E-state index contributed by atoms with van der Waals surface area (Å²) in [6.45, 7) is 4.04. The minimum Gasteiger partial charge on any atom is -0.293 e. The third-order valence-corrected chi connectivity index (χ3v) is 4.65. The van der Waals surface area contributed by atoms with Crippen molar-refractivity contribution in [3.63, 3.8) is 0 Å². The van der Waals surface area contributed by atoms with Gasteiger partial charge in [0.25, 0.3) is 0 Å². The molecule has 0 amide bonds. The van der Waals surface area contributed by atoms with E-state index in [1.165, 1.54) is 9.77 Å². The van der Waals surface area contributed by atoms with Crippen LogP contribution in [0, 0.1) is 13.8 Å². The molecule has 0 saturated carbocycles. The Labute approximate surface area is 110 Å². The van der Waals surface area contributed by atoms with Crippen LogP contribution in [0.2, 0.25) is 0 Å². The van der Waals surface area contributed by atoms with Crippen LogP contribution in [0.5, 0.6) is 0 Å². The molecule has 1 heterocycles. The topological polar surface area (TPSA) is 17.1 Å². The molecule has 0 aliphatic rings.